The number of carboxylic acid groups (broad SMARTS) is 1. The van der Waals surface area contributed by atoms with E-state index in [-0.39, 0.29) is 5.56 Å². The number of halogens is 2. The zero-order valence-electron chi connectivity index (χ0n) is 9.77. The van der Waals surface area contributed by atoms with Gasteiger partial charge in [-0.3, -0.25) is 0 Å². The average molecular weight is 341 g/mol. The number of aromatic carboxylic acids is 1. The van der Waals surface area contributed by atoms with Gasteiger partial charge in [-0.05, 0) is 48.0 Å². The summed E-state index contributed by atoms with van der Waals surface area (Å²) in [6, 6.07) is 11.4. The standard InChI is InChI=1S/C14H10BrFO2S/c15-10-1-4-12(5-2-10)19-8-9-7-11(16)3-6-13(9)14(17)18/h1-7H,8H2,(H,17,18). The number of hydrogen-bond acceptors (Lipinski definition) is 2. The first-order chi connectivity index (χ1) is 9.06. The fourth-order valence-electron chi connectivity index (χ4n) is 1.58. The Morgan fingerprint density at radius 1 is 1.21 bits per heavy atom. The van der Waals surface area contributed by atoms with E-state index in [1.807, 2.05) is 24.3 Å². The smallest absolute Gasteiger partial charge is 0.335 e. The van der Waals surface area contributed by atoms with Crippen LogP contribution in [0.25, 0.3) is 0 Å². The Hall–Kier alpha value is -1.33. The molecule has 0 saturated heterocycles. The van der Waals surface area contributed by atoms with Gasteiger partial charge in [-0.1, -0.05) is 15.9 Å². The second-order valence-corrected chi connectivity index (χ2v) is 5.81. The lowest BCUT2D eigenvalue weighted by molar-refractivity contribution is 0.0696. The van der Waals surface area contributed by atoms with Crippen molar-refractivity contribution in [2.75, 3.05) is 0 Å². The van der Waals surface area contributed by atoms with Gasteiger partial charge in [0.2, 0.25) is 0 Å². The van der Waals surface area contributed by atoms with Crippen molar-refractivity contribution in [3.8, 4) is 0 Å². The van der Waals surface area contributed by atoms with Gasteiger partial charge in [0.25, 0.3) is 0 Å². The van der Waals surface area contributed by atoms with Crippen LogP contribution >= 0.6 is 27.7 Å². The molecule has 0 spiro atoms. The van der Waals surface area contributed by atoms with E-state index in [1.54, 1.807) is 0 Å². The summed E-state index contributed by atoms with van der Waals surface area (Å²) >= 11 is 4.82. The molecule has 2 aromatic rings. The summed E-state index contributed by atoms with van der Waals surface area (Å²) in [7, 11) is 0. The van der Waals surface area contributed by atoms with E-state index in [9.17, 15) is 9.18 Å². The molecule has 2 nitrogen and oxygen atoms in total. The molecule has 0 aliphatic carbocycles. The maximum absolute atomic E-state index is 13.2. The zero-order valence-corrected chi connectivity index (χ0v) is 12.2. The van der Waals surface area contributed by atoms with Crippen molar-refractivity contribution in [2.24, 2.45) is 0 Å². The molecule has 0 bridgehead atoms. The minimum absolute atomic E-state index is 0.144. The fraction of sp³-hybridized carbons (Fsp3) is 0.0714. The van der Waals surface area contributed by atoms with Gasteiger partial charge in [0.15, 0.2) is 0 Å². The molecule has 19 heavy (non-hydrogen) atoms. The molecule has 0 aliphatic rings. The SMILES string of the molecule is O=C(O)c1ccc(F)cc1CSc1ccc(Br)cc1. The van der Waals surface area contributed by atoms with Crippen LogP contribution in [0.15, 0.2) is 51.8 Å². The number of thioether (sulfide) groups is 1. The molecule has 0 atom stereocenters. The van der Waals surface area contributed by atoms with E-state index in [1.165, 1.54) is 23.9 Å². The number of benzene rings is 2. The highest BCUT2D eigenvalue weighted by Gasteiger charge is 2.11. The van der Waals surface area contributed by atoms with E-state index >= 15 is 0 Å². The van der Waals surface area contributed by atoms with Crippen LogP contribution in [-0.2, 0) is 5.75 Å². The van der Waals surface area contributed by atoms with Crippen molar-refractivity contribution in [1.29, 1.82) is 0 Å². The molecule has 0 amide bonds. The Bertz CT molecular complexity index is 599. The van der Waals surface area contributed by atoms with E-state index in [2.05, 4.69) is 15.9 Å². The van der Waals surface area contributed by atoms with Gasteiger partial charge in [0, 0.05) is 15.1 Å². The average Bonchev–Trinajstić information content (AvgIpc) is 2.38. The number of carbonyl (C=O) groups is 1. The Kier molecular flexibility index (Phi) is 4.61. The molecule has 1 N–H and O–H groups in total. The van der Waals surface area contributed by atoms with Crippen LogP contribution < -0.4 is 0 Å². The summed E-state index contributed by atoms with van der Waals surface area (Å²) < 4.78 is 14.2. The zero-order chi connectivity index (χ0) is 13.8. The van der Waals surface area contributed by atoms with Gasteiger partial charge in [-0.2, -0.15) is 0 Å². The molecule has 0 fully saturated rings. The third kappa shape index (κ3) is 3.81. The van der Waals surface area contributed by atoms with Crippen LogP contribution in [0.1, 0.15) is 15.9 Å². The van der Waals surface area contributed by atoms with E-state index in [0.717, 1.165) is 15.4 Å². The third-order valence-electron chi connectivity index (χ3n) is 2.51. The van der Waals surface area contributed by atoms with Crippen LogP contribution in [-0.4, -0.2) is 11.1 Å². The minimum Gasteiger partial charge on any atom is -0.478 e. The quantitative estimate of drug-likeness (QED) is 0.827. The van der Waals surface area contributed by atoms with Crippen LogP contribution in [0.4, 0.5) is 4.39 Å². The van der Waals surface area contributed by atoms with Crippen molar-refractivity contribution in [3.63, 3.8) is 0 Å². The first-order valence-electron chi connectivity index (χ1n) is 5.46. The van der Waals surface area contributed by atoms with Crippen molar-refractivity contribution < 1.29 is 14.3 Å². The maximum atomic E-state index is 13.2. The van der Waals surface area contributed by atoms with E-state index < -0.39 is 11.8 Å². The molecular weight excluding hydrogens is 331 g/mol. The summed E-state index contributed by atoms with van der Waals surface area (Å²) in [5, 5.41) is 9.05. The third-order valence-corrected chi connectivity index (χ3v) is 4.10. The topological polar surface area (TPSA) is 37.3 Å². The molecule has 5 heteroatoms. The number of hydrogen-bond donors (Lipinski definition) is 1. The van der Waals surface area contributed by atoms with Gasteiger partial charge < -0.3 is 5.11 Å². The Morgan fingerprint density at radius 3 is 2.53 bits per heavy atom. The lowest BCUT2D eigenvalue weighted by Crippen LogP contribution is -2.02. The lowest BCUT2D eigenvalue weighted by atomic mass is 10.1. The van der Waals surface area contributed by atoms with Crippen LogP contribution in [0.5, 0.6) is 0 Å². The van der Waals surface area contributed by atoms with Gasteiger partial charge in [-0.25, -0.2) is 9.18 Å². The molecule has 0 heterocycles. The molecule has 98 valence electrons. The summed E-state index contributed by atoms with van der Waals surface area (Å²) in [6.45, 7) is 0. The van der Waals surface area contributed by atoms with Crippen LogP contribution in [0.3, 0.4) is 0 Å². The molecule has 0 aliphatic heterocycles. The second kappa shape index (κ2) is 6.21. The summed E-state index contributed by atoms with van der Waals surface area (Å²) in [6.07, 6.45) is 0. The van der Waals surface area contributed by atoms with E-state index in [4.69, 9.17) is 5.11 Å². The lowest BCUT2D eigenvalue weighted by Gasteiger charge is -2.06. The largest absolute Gasteiger partial charge is 0.478 e. The molecular formula is C14H10BrFO2S. The number of carboxylic acids is 1. The monoisotopic (exact) mass is 340 g/mol. The molecule has 0 aromatic heterocycles. The van der Waals surface area contributed by atoms with Crippen molar-refractivity contribution >= 4 is 33.7 Å². The summed E-state index contributed by atoms with van der Waals surface area (Å²) in [5.41, 5.74) is 0.631. The first-order valence-corrected chi connectivity index (χ1v) is 7.24. The predicted octanol–water partition coefficient (Wildman–Crippen LogP) is 4.58. The van der Waals surface area contributed by atoms with Gasteiger partial charge in [0.1, 0.15) is 5.82 Å². The fourth-order valence-corrected chi connectivity index (χ4v) is 2.74. The predicted molar refractivity (Wildman–Crippen MR) is 77.1 cm³/mol. The molecule has 0 radical (unpaired) electrons. The first kappa shape index (κ1) is 14.1. The second-order valence-electron chi connectivity index (χ2n) is 3.85. The van der Waals surface area contributed by atoms with Gasteiger partial charge in [0.05, 0.1) is 5.56 Å². The Morgan fingerprint density at radius 2 is 1.89 bits per heavy atom. The molecule has 0 unspecified atom stereocenters. The number of rotatable bonds is 4. The van der Waals surface area contributed by atoms with Gasteiger partial charge in [-0.15, -0.1) is 11.8 Å². The van der Waals surface area contributed by atoms with Crippen molar-refractivity contribution in [3.05, 3.63) is 63.9 Å². The maximum Gasteiger partial charge on any atom is 0.335 e. The highest BCUT2D eigenvalue weighted by atomic mass is 79.9. The Balaban J connectivity index is 2.16. The molecule has 2 rings (SSSR count). The molecule has 2 aromatic carbocycles. The summed E-state index contributed by atoms with van der Waals surface area (Å²) in [5.74, 6) is -1.04. The van der Waals surface area contributed by atoms with Crippen molar-refractivity contribution in [1.82, 2.24) is 0 Å². The van der Waals surface area contributed by atoms with Gasteiger partial charge >= 0.3 is 5.97 Å². The molecule has 0 saturated carbocycles. The highest BCUT2D eigenvalue weighted by molar-refractivity contribution is 9.10. The highest BCUT2D eigenvalue weighted by Crippen LogP contribution is 2.26. The van der Waals surface area contributed by atoms with Crippen LogP contribution in [0.2, 0.25) is 0 Å². The van der Waals surface area contributed by atoms with E-state index in [0.29, 0.717) is 11.3 Å². The Labute approximate surface area is 122 Å². The normalized spacial score (nSPS) is 10.4. The minimum atomic E-state index is -1.04. The van der Waals surface area contributed by atoms with Crippen molar-refractivity contribution in [2.45, 2.75) is 10.6 Å². The van der Waals surface area contributed by atoms with Crippen LogP contribution in [0, 0.1) is 5.82 Å². The summed E-state index contributed by atoms with van der Waals surface area (Å²) in [4.78, 5) is 12.1.